The Kier molecular flexibility index (Phi) is 4.71. The Bertz CT molecular complexity index is 868. The zero-order chi connectivity index (χ0) is 17.3. The van der Waals surface area contributed by atoms with E-state index in [1.165, 1.54) is 6.07 Å². The number of halogens is 2. The van der Waals surface area contributed by atoms with Crippen LogP contribution in [0.5, 0.6) is 5.75 Å². The molecule has 3 rings (SSSR count). The molecule has 0 aliphatic carbocycles. The molecule has 0 aliphatic heterocycles. The van der Waals surface area contributed by atoms with Crippen LogP contribution >= 0.6 is 0 Å². The Morgan fingerprint density at radius 1 is 1.04 bits per heavy atom. The average molecular weight is 334 g/mol. The van der Waals surface area contributed by atoms with Crippen molar-refractivity contribution in [3.63, 3.8) is 0 Å². The van der Waals surface area contributed by atoms with Crippen molar-refractivity contribution in [2.24, 2.45) is 5.92 Å². The Morgan fingerprint density at radius 3 is 2.38 bits per heavy atom. The average Bonchev–Trinajstić information content (AvgIpc) is 2.94. The van der Waals surface area contributed by atoms with Crippen LogP contribution in [0.1, 0.15) is 32.3 Å². The van der Waals surface area contributed by atoms with Crippen LogP contribution in [-0.2, 0) is 6.61 Å². The van der Waals surface area contributed by atoms with Gasteiger partial charge in [0.1, 0.15) is 0 Å². The summed E-state index contributed by atoms with van der Waals surface area (Å²) in [7, 11) is 0. The molecule has 0 amide bonds. The second-order valence-corrected chi connectivity index (χ2v) is 6.31. The van der Waals surface area contributed by atoms with Crippen molar-refractivity contribution in [1.82, 2.24) is 0 Å². The highest BCUT2D eigenvalue weighted by molar-refractivity contribution is 6.05. The molecular weight excluding hydrogens is 314 g/mol. The minimum atomic E-state index is -0.662. The zero-order valence-corrected chi connectivity index (χ0v) is 13.7. The summed E-state index contributed by atoms with van der Waals surface area (Å²) in [5.74, 6) is -0.615. The van der Waals surface area contributed by atoms with Gasteiger partial charge in [-0.3, -0.25) is 0 Å². The molecule has 0 saturated carbocycles. The Morgan fingerprint density at radius 2 is 1.71 bits per heavy atom. The molecule has 1 N–H and O–H groups in total. The molecule has 5 heteroatoms. The van der Waals surface area contributed by atoms with Gasteiger partial charge in [0.2, 0.25) is 5.82 Å². The SMILES string of the molecule is CC(C)CCCOc1ccc2c(oc3c(F)c(CO)ccc32)c1F. The molecule has 3 aromatic rings. The van der Waals surface area contributed by atoms with Crippen LogP contribution in [-0.4, -0.2) is 11.7 Å². The number of hydrogen-bond acceptors (Lipinski definition) is 3. The van der Waals surface area contributed by atoms with Gasteiger partial charge in [0.15, 0.2) is 22.7 Å². The third-order valence-electron chi connectivity index (χ3n) is 4.09. The number of fused-ring (bicyclic) bond motifs is 3. The van der Waals surface area contributed by atoms with Gasteiger partial charge < -0.3 is 14.3 Å². The van der Waals surface area contributed by atoms with Crippen LogP contribution in [0.3, 0.4) is 0 Å². The van der Waals surface area contributed by atoms with E-state index in [0.29, 0.717) is 23.3 Å². The zero-order valence-electron chi connectivity index (χ0n) is 13.7. The van der Waals surface area contributed by atoms with Crippen molar-refractivity contribution in [2.75, 3.05) is 6.61 Å². The van der Waals surface area contributed by atoms with E-state index in [2.05, 4.69) is 13.8 Å². The predicted octanol–water partition coefficient (Wildman–Crippen LogP) is 5.17. The van der Waals surface area contributed by atoms with Crippen molar-refractivity contribution in [2.45, 2.75) is 33.3 Å². The Hall–Kier alpha value is -2.14. The van der Waals surface area contributed by atoms with Crippen LogP contribution in [0.2, 0.25) is 0 Å². The first-order chi connectivity index (χ1) is 11.5. The minimum Gasteiger partial charge on any atom is -0.490 e. The second-order valence-electron chi connectivity index (χ2n) is 6.31. The van der Waals surface area contributed by atoms with Crippen LogP contribution in [0.15, 0.2) is 28.7 Å². The van der Waals surface area contributed by atoms with Crippen molar-refractivity contribution in [3.05, 3.63) is 41.5 Å². The monoisotopic (exact) mass is 334 g/mol. The van der Waals surface area contributed by atoms with Crippen molar-refractivity contribution < 1.29 is 23.0 Å². The van der Waals surface area contributed by atoms with Gasteiger partial charge in [0.05, 0.1) is 13.2 Å². The van der Waals surface area contributed by atoms with E-state index < -0.39 is 18.2 Å². The van der Waals surface area contributed by atoms with Crippen LogP contribution in [0.4, 0.5) is 8.78 Å². The van der Waals surface area contributed by atoms with Crippen LogP contribution < -0.4 is 4.74 Å². The van der Waals surface area contributed by atoms with E-state index >= 15 is 0 Å². The fourth-order valence-electron chi connectivity index (χ4n) is 2.77. The van der Waals surface area contributed by atoms with E-state index in [-0.39, 0.29) is 22.5 Å². The number of benzene rings is 2. The molecule has 0 bridgehead atoms. The lowest BCUT2D eigenvalue weighted by Gasteiger charge is -2.08. The van der Waals surface area contributed by atoms with Crippen molar-refractivity contribution >= 4 is 21.9 Å². The molecule has 3 nitrogen and oxygen atoms in total. The summed E-state index contributed by atoms with van der Waals surface area (Å²) in [6.45, 7) is 4.22. The molecule has 0 aliphatic rings. The summed E-state index contributed by atoms with van der Waals surface area (Å²) < 4.78 is 39.8. The quantitative estimate of drug-likeness (QED) is 0.632. The maximum absolute atomic E-state index is 14.6. The molecule has 0 unspecified atom stereocenters. The maximum atomic E-state index is 14.6. The molecule has 0 spiro atoms. The number of furan rings is 1. The topological polar surface area (TPSA) is 42.6 Å². The Labute approximate surface area is 138 Å². The van der Waals surface area contributed by atoms with Gasteiger partial charge in [-0.15, -0.1) is 0 Å². The molecule has 1 heterocycles. The van der Waals surface area contributed by atoms with Gasteiger partial charge in [0, 0.05) is 16.3 Å². The second kappa shape index (κ2) is 6.77. The summed E-state index contributed by atoms with van der Waals surface area (Å²) in [5.41, 5.74) is 0.0416. The number of aliphatic hydroxyl groups is 1. The van der Waals surface area contributed by atoms with Gasteiger partial charge in [0.25, 0.3) is 0 Å². The number of hydrogen-bond donors (Lipinski definition) is 1. The third kappa shape index (κ3) is 2.96. The number of aliphatic hydroxyl groups excluding tert-OH is 1. The highest BCUT2D eigenvalue weighted by atomic mass is 19.1. The summed E-state index contributed by atoms with van der Waals surface area (Å²) in [6, 6.07) is 6.30. The smallest absolute Gasteiger partial charge is 0.208 e. The number of rotatable bonds is 6. The minimum absolute atomic E-state index is 0.0275. The van der Waals surface area contributed by atoms with E-state index in [4.69, 9.17) is 14.3 Å². The van der Waals surface area contributed by atoms with Gasteiger partial charge in [-0.25, -0.2) is 4.39 Å². The maximum Gasteiger partial charge on any atom is 0.208 e. The fraction of sp³-hybridized carbons (Fsp3) is 0.368. The van der Waals surface area contributed by atoms with Gasteiger partial charge in [-0.05, 0) is 37.0 Å². The largest absolute Gasteiger partial charge is 0.490 e. The van der Waals surface area contributed by atoms with Crippen LogP contribution in [0.25, 0.3) is 21.9 Å². The van der Waals surface area contributed by atoms with E-state index in [0.717, 1.165) is 12.8 Å². The standard InChI is InChI=1S/C19H20F2O3/c1-11(2)4-3-9-23-15-8-7-14-13-6-5-12(10-22)16(20)18(13)24-19(14)17(15)21/h5-8,11,22H,3-4,9-10H2,1-2H3. The van der Waals surface area contributed by atoms with Gasteiger partial charge >= 0.3 is 0 Å². The van der Waals surface area contributed by atoms with Crippen molar-refractivity contribution in [1.29, 1.82) is 0 Å². The lowest BCUT2D eigenvalue weighted by molar-refractivity contribution is 0.275. The third-order valence-corrected chi connectivity index (χ3v) is 4.09. The van der Waals surface area contributed by atoms with Crippen molar-refractivity contribution in [3.8, 4) is 5.75 Å². The molecule has 24 heavy (non-hydrogen) atoms. The lowest BCUT2D eigenvalue weighted by Crippen LogP contribution is -2.01. The highest BCUT2D eigenvalue weighted by Gasteiger charge is 2.19. The first-order valence-corrected chi connectivity index (χ1v) is 8.08. The van der Waals surface area contributed by atoms with E-state index in [1.807, 2.05) is 0 Å². The molecule has 0 fully saturated rings. The summed E-state index contributed by atoms with van der Waals surface area (Å²) >= 11 is 0. The Balaban J connectivity index is 1.96. The predicted molar refractivity (Wildman–Crippen MR) is 89.1 cm³/mol. The summed E-state index contributed by atoms with van der Waals surface area (Å²) in [4.78, 5) is 0. The first kappa shape index (κ1) is 16.7. The molecular formula is C19H20F2O3. The van der Waals surface area contributed by atoms with Crippen LogP contribution in [0, 0.1) is 17.6 Å². The van der Waals surface area contributed by atoms with E-state index in [9.17, 15) is 8.78 Å². The molecule has 2 aromatic carbocycles. The normalized spacial score (nSPS) is 11.8. The van der Waals surface area contributed by atoms with E-state index in [1.54, 1.807) is 18.2 Å². The molecule has 1 aromatic heterocycles. The molecule has 0 radical (unpaired) electrons. The van der Waals surface area contributed by atoms with Gasteiger partial charge in [-0.2, -0.15) is 4.39 Å². The first-order valence-electron chi connectivity index (χ1n) is 8.08. The summed E-state index contributed by atoms with van der Waals surface area (Å²) in [5, 5.41) is 10.1. The van der Waals surface area contributed by atoms with Gasteiger partial charge in [-0.1, -0.05) is 19.9 Å². The molecule has 0 saturated heterocycles. The summed E-state index contributed by atoms with van der Waals surface area (Å²) in [6.07, 6.45) is 1.84. The lowest BCUT2D eigenvalue weighted by atomic mass is 10.1. The highest BCUT2D eigenvalue weighted by Crippen LogP contribution is 2.36. The molecule has 128 valence electrons. The molecule has 0 atom stereocenters. The fourth-order valence-corrected chi connectivity index (χ4v) is 2.77. The number of ether oxygens (including phenoxy) is 1.